The molecule has 1 N–H and O–H groups in total. The van der Waals surface area contributed by atoms with Crippen LogP contribution < -0.4 is 0 Å². The van der Waals surface area contributed by atoms with E-state index in [2.05, 4.69) is 0 Å². The Morgan fingerprint density at radius 1 is 1.17 bits per heavy atom. The Labute approximate surface area is 173 Å². The molecule has 1 amide bonds. The van der Waals surface area contributed by atoms with Gasteiger partial charge in [-0.3, -0.25) is 4.79 Å². The first kappa shape index (κ1) is 19.9. The van der Waals surface area contributed by atoms with Gasteiger partial charge in [0.25, 0.3) is 5.91 Å². The first-order chi connectivity index (χ1) is 13.9. The summed E-state index contributed by atoms with van der Waals surface area (Å²) < 4.78 is 19.7. The van der Waals surface area contributed by atoms with Crippen molar-refractivity contribution >= 4 is 28.5 Å². The lowest BCUT2D eigenvalue weighted by atomic mass is 9.95. The molecule has 1 aliphatic heterocycles. The van der Waals surface area contributed by atoms with Crippen molar-refractivity contribution in [3.8, 4) is 11.1 Å². The Morgan fingerprint density at radius 2 is 1.86 bits per heavy atom. The van der Waals surface area contributed by atoms with Gasteiger partial charge in [0, 0.05) is 30.5 Å². The second-order valence-electron chi connectivity index (χ2n) is 7.85. The summed E-state index contributed by atoms with van der Waals surface area (Å²) in [6.45, 7) is 2.49. The van der Waals surface area contributed by atoms with E-state index >= 15 is 0 Å². The number of nitrogens with zero attached hydrogens (tertiary/aromatic N) is 1. The summed E-state index contributed by atoms with van der Waals surface area (Å²) in [5.74, 6) is 0.623. The van der Waals surface area contributed by atoms with E-state index in [4.69, 9.17) is 21.1 Å². The molecule has 0 unspecified atom stereocenters. The van der Waals surface area contributed by atoms with Crippen LogP contribution in [0.2, 0.25) is 5.02 Å². The van der Waals surface area contributed by atoms with Gasteiger partial charge in [0.05, 0.1) is 11.6 Å². The fourth-order valence-corrected chi connectivity index (χ4v) is 3.99. The quantitative estimate of drug-likeness (QED) is 0.633. The van der Waals surface area contributed by atoms with E-state index in [1.54, 1.807) is 24.0 Å². The van der Waals surface area contributed by atoms with Crippen LogP contribution in [0, 0.1) is 0 Å². The lowest BCUT2D eigenvalue weighted by molar-refractivity contribution is 0.0504. The minimum atomic E-state index is -1.18. The topological polar surface area (TPSA) is 53.7 Å². The van der Waals surface area contributed by atoms with Gasteiger partial charge in [-0.1, -0.05) is 23.7 Å². The van der Waals surface area contributed by atoms with Gasteiger partial charge in [-0.15, -0.1) is 0 Å². The molecule has 152 valence electrons. The van der Waals surface area contributed by atoms with Gasteiger partial charge in [-0.2, -0.15) is 0 Å². The molecule has 1 fully saturated rings. The van der Waals surface area contributed by atoms with Gasteiger partial charge in [0.15, 0.2) is 5.58 Å². The minimum absolute atomic E-state index is 0.0153. The highest BCUT2D eigenvalue weighted by Crippen LogP contribution is 2.33. The number of aliphatic hydroxyl groups excluding tert-OH is 1. The fourth-order valence-electron chi connectivity index (χ4n) is 3.73. The van der Waals surface area contributed by atoms with E-state index in [1.165, 1.54) is 0 Å². The van der Waals surface area contributed by atoms with Gasteiger partial charge in [0.2, 0.25) is 0 Å². The second-order valence-corrected chi connectivity index (χ2v) is 8.25. The number of likely N-dealkylation sites (tertiary alicyclic amines) is 1. The van der Waals surface area contributed by atoms with E-state index in [0.717, 1.165) is 16.5 Å². The van der Waals surface area contributed by atoms with Crippen molar-refractivity contribution in [2.24, 2.45) is 0 Å². The molecule has 29 heavy (non-hydrogen) atoms. The third kappa shape index (κ3) is 4.16. The summed E-state index contributed by atoms with van der Waals surface area (Å²) in [7, 11) is 0. The number of furan rings is 1. The van der Waals surface area contributed by atoms with Crippen molar-refractivity contribution in [2.45, 2.75) is 31.9 Å². The SMILES string of the molecule is CC1(F)CCN(C(=O)c2ccc(-c3cc(Cl)c4oc(CCO)cc4c3)cc2)CC1. The number of benzene rings is 2. The zero-order valence-electron chi connectivity index (χ0n) is 16.3. The molecule has 2 heterocycles. The minimum Gasteiger partial charge on any atom is -0.459 e. The molecule has 2 aromatic carbocycles. The summed E-state index contributed by atoms with van der Waals surface area (Å²) >= 11 is 6.38. The molecule has 1 aromatic heterocycles. The number of carbonyl (C=O) groups is 1. The monoisotopic (exact) mass is 415 g/mol. The van der Waals surface area contributed by atoms with Crippen molar-refractivity contribution in [3.05, 3.63) is 58.8 Å². The lowest BCUT2D eigenvalue weighted by Crippen LogP contribution is -2.43. The van der Waals surface area contributed by atoms with Crippen LogP contribution in [0.1, 0.15) is 35.9 Å². The van der Waals surface area contributed by atoms with Crippen LogP contribution in [0.15, 0.2) is 46.9 Å². The number of carbonyl (C=O) groups excluding carboxylic acids is 1. The molecule has 4 nitrogen and oxygen atoms in total. The van der Waals surface area contributed by atoms with E-state index in [-0.39, 0.29) is 12.5 Å². The molecule has 4 rings (SSSR count). The first-order valence-electron chi connectivity index (χ1n) is 9.78. The van der Waals surface area contributed by atoms with Crippen LogP contribution in [0.25, 0.3) is 22.1 Å². The summed E-state index contributed by atoms with van der Waals surface area (Å²) in [4.78, 5) is 14.4. The van der Waals surface area contributed by atoms with E-state index in [0.29, 0.717) is 54.3 Å². The smallest absolute Gasteiger partial charge is 0.253 e. The average Bonchev–Trinajstić information content (AvgIpc) is 3.11. The number of halogens is 2. The molecule has 1 aliphatic rings. The van der Waals surface area contributed by atoms with Gasteiger partial charge in [-0.05, 0) is 61.2 Å². The summed E-state index contributed by atoms with van der Waals surface area (Å²) in [6.07, 6.45) is 1.19. The predicted molar refractivity (Wildman–Crippen MR) is 112 cm³/mol. The highest BCUT2D eigenvalue weighted by Gasteiger charge is 2.31. The number of fused-ring (bicyclic) bond motifs is 1. The van der Waals surface area contributed by atoms with Crippen LogP contribution >= 0.6 is 11.6 Å². The highest BCUT2D eigenvalue weighted by atomic mass is 35.5. The standard InChI is InChI=1S/C23H23ClFNO3/c1-23(25)7-9-26(10-8-23)22(28)16-4-2-15(3-5-16)17-12-18-13-19(6-11-27)29-21(18)20(24)14-17/h2-5,12-14,27H,6-11H2,1H3. The van der Waals surface area contributed by atoms with E-state index in [1.807, 2.05) is 30.3 Å². The Hall–Kier alpha value is -2.37. The zero-order valence-corrected chi connectivity index (χ0v) is 17.0. The molecule has 0 bridgehead atoms. The zero-order chi connectivity index (χ0) is 20.6. The van der Waals surface area contributed by atoms with Gasteiger partial charge < -0.3 is 14.4 Å². The van der Waals surface area contributed by atoms with Crippen LogP contribution in [0.5, 0.6) is 0 Å². The number of hydrogen-bond donors (Lipinski definition) is 1. The first-order valence-corrected chi connectivity index (χ1v) is 10.2. The number of hydrogen-bond acceptors (Lipinski definition) is 3. The van der Waals surface area contributed by atoms with Gasteiger partial charge >= 0.3 is 0 Å². The lowest BCUT2D eigenvalue weighted by Gasteiger charge is -2.34. The van der Waals surface area contributed by atoms with Gasteiger partial charge in [0.1, 0.15) is 11.4 Å². The van der Waals surface area contributed by atoms with Crippen LogP contribution in [-0.4, -0.2) is 41.3 Å². The molecular weight excluding hydrogens is 393 g/mol. The Bertz CT molecular complexity index is 1030. The molecule has 0 spiro atoms. The van der Waals surface area contributed by atoms with Crippen molar-refractivity contribution < 1.29 is 18.7 Å². The molecule has 0 aliphatic carbocycles. The maximum absolute atomic E-state index is 14.0. The maximum Gasteiger partial charge on any atom is 0.253 e. The Balaban J connectivity index is 1.55. The number of aliphatic hydroxyl groups is 1. The third-order valence-corrected chi connectivity index (χ3v) is 5.82. The van der Waals surface area contributed by atoms with Crippen LogP contribution in [-0.2, 0) is 6.42 Å². The molecule has 0 saturated carbocycles. The van der Waals surface area contributed by atoms with Crippen LogP contribution in [0.3, 0.4) is 0 Å². The molecule has 1 saturated heterocycles. The van der Waals surface area contributed by atoms with Crippen molar-refractivity contribution in [1.82, 2.24) is 4.90 Å². The largest absolute Gasteiger partial charge is 0.459 e. The number of piperidine rings is 1. The predicted octanol–water partition coefficient (Wildman–Crippen LogP) is 5.25. The Morgan fingerprint density at radius 3 is 2.52 bits per heavy atom. The Kier molecular flexibility index (Phi) is 5.36. The molecule has 6 heteroatoms. The molecule has 0 atom stereocenters. The number of rotatable bonds is 4. The fraction of sp³-hybridized carbons (Fsp3) is 0.348. The molecule has 3 aromatic rings. The second kappa shape index (κ2) is 7.81. The molecular formula is C23H23ClFNO3. The highest BCUT2D eigenvalue weighted by molar-refractivity contribution is 6.35. The van der Waals surface area contributed by atoms with Gasteiger partial charge in [-0.25, -0.2) is 4.39 Å². The summed E-state index contributed by atoms with van der Waals surface area (Å²) in [5, 5.41) is 10.5. The van der Waals surface area contributed by atoms with Crippen molar-refractivity contribution in [2.75, 3.05) is 19.7 Å². The summed E-state index contributed by atoms with van der Waals surface area (Å²) in [5.41, 5.74) is 1.88. The molecule has 0 radical (unpaired) electrons. The van der Waals surface area contributed by atoms with E-state index in [9.17, 15) is 9.18 Å². The van der Waals surface area contributed by atoms with E-state index < -0.39 is 5.67 Å². The summed E-state index contributed by atoms with van der Waals surface area (Å²) in [6, 6.07) is 13.1. The normalized spacial score (nSPS) is 16.3. The van der Waals surface area contributed by atoms with Crippen molar-refractivity contribution in [3.63, 3.8) is 0 Å². The number of amides is 1. The number of alkyl halides is 1. The average molecular weight is 416 g/mol. The third-order valence-electron chi connectivity index (χ3n) is 5.54. The van der Waals surface area contributed by atoms with Crippen LogP contribution in [0.4, 0.5) is 4.39 Å². The maximum atomic E-state index is 14.0. The van der Waals surface area contributed by atoms with Crippen molar-refractivity contribution in [1.29, 1.82) is 0 Å².